The molecule has 1 saturated heterocycles. The van der Waals surface area contributed by atoms with Gasteiger partial charge in [-0.25, -0.2) is 14.4 Å². The molecule has 19 heavy (non-hydrogen) atoms. The minimum Gasteiger partial charge on any atom is -0.478 e. The summed E-state index contributed by atoms with van der Waals surface area (Å²) in [5.41, 5.74) is -0.764. The number of esters is 1. The highest BCUT2D eigenvalue weighted by atomic mass is 16.6. The molecule has 1 aliphatic heterocycles. The molecule has 1 fully saturated rings. The highest BCUT2D eigenvalue weighted by Gasteiger charge is 2.26. The van der Waals surface area contributed by atoms with Crippen LogP contribution in [0, 0.1) is 0 Å². The van der Waals surface area contributed by atoms with Crippen LogP contribution in [-0.2, 0) is 9.47 Å². The molecule has 7 nitrogen and oxygen atoms in total. The van der Waals surface area contributed by atoms with Crippen molar-refractivity contribution in [1.82, 2.24) is 0 Å². The van der Waals surface area contributed by atoms with E-state index in [2.05, 4.69) is 0 Å². The van der Waals surface area contributed by atoms with Gasteiger partial charge in [-0.2, -0.15) is 0 Å². The highest BCUT2D eigenvalue weighted by molar-refractivity contribution is 6.04. The first kappa shape index (κ1) is 13.0. The summed E-state index contributed by atoms with van der Waals surface area (Å²) in [6.45, 7) is 0.517. The van der Waals surface area contributed by atoms with E-state index in [4.69, 9.17) is 19.7 Å². The van der Waals surface area contributed by atoms with Crippen LogP contribution in [0.2, 0.25) is 0 Å². The molecule has 2 rings (SSSR count). The van der Waals surface area contributed by atoms with Crippen LogP contribution in [0.3, 0.4) is 0 Å². The Morgan fingerprint density at radius 3 is 2.42 bits per heavy atom. The van der Waals surface area contributed by atoms with Gasteiger partial charge < -0.3 is 19.7 Å². The molecule has 1 unspecified atom stereocenters. The Labute approximate surface area is 107 Å². The number of benzene rings is 1. The molecule has 100 valence electrons. The third kappa shape index (κ3) is 3.08. The zero-order valence-corrected chi connectivity index (χ0v) is 9.66. The second kappa shape index (κ2) is 5.07. The normalized spacial score (nSPS) is 16.7. The van der Waals surface area contributed by atoms with Gasteiger partial charge in [-0.1, -0.05) is 0 Å². The van der Waals surface area contributed by atoms with Crippen molar-refractivity contribution in [2.45, 2.75) is 6.10 Å². The summed E-state index contributed by atoms with van der Waals surface area (Å²) in [4.78, 5) is 33.5. The quantitative estimate of drug-likeness (QED) is 0.593. The van der Waals surface area contributed by atoms with E-state index in [1.165, 1.54) is 0 Å². The fourth-order valence-corrected chi connectivity index (χ4v) is 1.44. The number of carboxylic acids is 2. The van der Waals surface area contributed by atoms with Gasteiger partial charge in [0, 0.05) is 0 Å². The third-order valence-corrected chi connectivity index (χ3v) is 2.52. The van der Waals surface area contributed by atoms with Gasteiger partial charge >= 0.3 is 17.9 Å². The van der Waals surface area contributed by atoms with Crippen molar-refractivity contribution >= 4 is 17.9 Å². The maximum atomic E-state index is 11.7. The Morgan fingerprint density at radius 1 is 1.21 bits per heavy atom. The third-order valence-electron chi connectivity index (χ3n) is 2.52. The summed E-state index contributed by atoms with van der Waals surface area (Å²) in [5.74, 6) is -3.46. The van der Waals surface area contributed by atoms with Crippen molar-refractivity contribution < 1.29 is 34.1 Å². The van der Waals surface area contributed by atoms with Crippen molar-refractivity contribution in [2.75, 3.05) is 13.2 Å². The molecule has 1 aromatic rings. The molecule has 1 heterocycles. The molecule has 0 spiro atoms. The smallest absolute Gasteiger partial charge is 0.339 e. The van der Waals surface area contributed by atoms with E-state index < -0.39 is 17.9 Å². The lowest BCUT2D eigenvalue weighted by Gasteiger charge is -2.07. The average Bonchev–Trinajstić information content (AvgIpc) is 3.19. The first-order valence-corrected chi connectivity index (χ1v) is 5.38. The topological polar surface area (TPSA) is 113 Å². The van der Waals surface area contributed by atoms with Crippen molar-refractivity contribution in [3.05, 3.63) is 34.9 Å². The van der Waals surface area contributed by atoms with E-state index in [-0.39, 0.29) is 29.4 Å². The molecule has 0 saturated carbocycles. The number of carboxylic acid groups (broad SMARTS) is 2. The number of carbonyl (C=O) groups is 3. The number of hydrogen-bond acceptors (Lipinski definition) is 5. The lowest BCUT2D eigenvalue weighted by atomic mass is 10.0. The first-order valence-electron chi connectivity index (χ1n) is 5.38. The second-order valence-corrected chi connectivity index (χ2v) is 3.92. The van der Waals surface area contributed by atoms with Crippen LogP contribution in [0.25, 0.3) is 0 Å². The van der Waals surface area contributed by atoms with Gasteiger partial charge in [-0.05, 0) is 18.2 Å². The molecule has 0 amide bonds. The van der Waals surface area contributed by atoms with Crippen LogP contribution in [0.15, 0.2) is 18.2 Å². The van der Waals surface area contributed by atoms with Gasteiger partial charge in [0.15, 0.2) is 0 Å². The summed E-state index contributed by atoms with van der Waals surface area (Å²) >= 11 is 0. The summed E-state index contributed by atoms with van der Waals surface area (Å²) in [5, 5.41) is 17.8. The molecule has 1 atom stereocenters. The largest absolute Gasteiger partial charge is 0.478 e. The van der Waals surface area contributed by atoms with Crippen molar-refractivity contribution in [1.29, 1.82) is 0 Å². The van der Waals surface area contributed by atoms with Crippen LogP contribution < -0.4 is 0 Å². The minimum atomic E-state index is -1.33. The molecule has 0 aliphatic carbocycles. The Hall–Kier alpha value is -2.41. The predicted molar refractivity (Wildman–Crippen MR) is 60.4 cm³/mol. The number of rotatable bonds is 5. The average molecular weight is 266 g/mol. The number of aromatic carboxylic acids is 2. The fraction of sp³-hybridized carbons (Fsp3) is 0.250. The van der Waals surface area contributed by atoms with Gasteiger partial charge in [-0.15, -0.1) is 0 Å². The van der Waals surface area contributed by atoms with E-state index in [9.17, 15) is 14.4 Å². The molecular weight excluding hydrogens is 256 g/mol. The summed E-state index contributed by atoms with van der Waals surface area (Å²) in [6, 6.07) is 3.17. The highest BCUT2D eigenvalue weighted by Crippen LogP contribution is 2.16. The maximum absolute atomic E-state index is 11.7. The zero-order chi connectivity index (χ0) is 14.0. The fourth-order valence-electron chi connectivity index (χ4n) is 1.44. The van der Waals surface area contributed by atoms with Crippen LogP contribution in [0.5, 0.6) is 0 Å². The van der Waals surface area contributed by atoms with E-state index in [0.29, 0.717) is 6.61 Å². The first-order chi connectivity index (χ1) is 8.99. The van der Waals surface area contributed by atoms with E-state index in [1.807, 2.05) is 0 Å². The van der Waals surface area contributed by atoms with Crippen LogP contribution in [-0.4, -0.2) is 47.4 Å². The Balaban J connectivity index is 2.27. The lowest BCUT2D eigenvalue weighted by Crippen LogP contribution is -2.15. The van der Waals surface area contributed by atoms with Crippen molar-refractivity contribution in [2.24, 2.45) is 0 Å². The van der Waals surface area contributed by atoms with Crippen LogP contribution in [0.4, 0.5) is 0 Å². The van der Waals surface area contributed by atoms with Crippen molar-refractivity contribution in [3.8, 4) is 0 Å². The van der Waals surface area contributed by atoms with Gasteiger partial charge in [0.1, 0.15) is 12.7 Å². The standard InChI is InChI=1S/C12H10O7/c13-10(14)6-1-2-8(11(15)16)9(3-6)12(17)19-5-7-4-18-7/h1-3,7H,4-5H2,(H,13,14)(H,15,16). The van der Waals surface area contributed by atoms with Crippen molar-refractivity contribution in [3.63, 3.8) is 0 Å². The molecular formula is C12H10O7. The maximum Gasteiger partial charge on any atom is 0.339 e. The van der Waals surface area contributed by atoms with Gasteiger partial charge in [-0.3, -0.25) is 0 Å². The van der Waals surface area contributed by atoms with E-state index in [0.717, 1.165) is 18.2 Å². The Bertz CT molecular complexity index is 545. The molecule has 7 heteroatoms. The summed E-state index contributed by atoms with van der Waals surface area (Å²) in [7, 11) is 0. The monoisotopic (exact) mass is 266 g/mol. The number of epoxide rings is 1. The van der Waals surface area contributed by atoms with Gasteiger partial charge in [0.2, 0.25) is 0 Å². The second-order valence-electron chi connectivity index (χ2n) is 3.92. The molecule has 1 aliphatic rings. The Kier molecular flexibility index (Phi) is 3.48. The molecule has 0 aromatic heterocycles. The van der Waals surface area contributed by atoms with Crippen LogP contribution >= 0.6 is 0 Å². The number of ether oxygens (including phenoxy) is 2. The van der Waals surface area contributed by atoms with E-state index >= 15 is 0 Å². The van der Waals surface area contributed by atoms with Gasteiger partial charge in [0.25, 0.3) is 0 Å². The number of hydrogen-bond donors (Lipinski definition) is 2. The van der Waals surface area contributed by atoms with Crippen LogP contribution in [0.1, 0.15) is 31.1 Å². The summed E-state index contributed by atoms with van der Waals surface area (Å²) in [6.07, 6.45) is -0.153. The number of carbonyl (C=O) groups excluding carboxylic acids is 1. The SMILES string of the molecule is O=C(O)c1ccc(C(=O)O)c(C(=O)OCC2CO2)c1. The molecule has 1 aromatic carbocycles. The van der Waals surface area contributed by atoms with E-state index in [1.54, 1.807) is 0 Å². The zero-order valence-electron chi connectivity index (χ0n) is 9.66. The summed E-state index contributed by atoms with van der Waals surface area (Å²) < 4.78 is 9.70. The van der Waals surface area contributed by atoms with Gasteiger partial charge in [0.05, 0.1) is 23.3 Å². The minimum absolute atomic E-state index is 0.0230. The molecule has 2 N–H and O–H groups in total. The molecule has 0 bridgehead atoms. The Morgan fingerprint density at radius 2 is 1.89 bits per heavy atom. The molecule has 0 radical (unpaired) electrons. The predicted octanol–water partition coefficient (Wildman–Crippen LogP) is 0.639. The lowest BCUT2D eigenvalue weighted by molar-refractivity contribution is 0.0467.